The molecule has 0 saturated heterocycles. The van der Waals surface area contributed by atoms with Crippen molar-refractivity contribution in [3.05, 3.63) is 65.7 Å². The maximum absolute atomic E-state index is 12.3. The van der Waals surface area contributed by atoms with E-state index in [0.717, 1.165) is 0 Å². The topological polar surface area (TPSA) is 72.8 Å². The summed E-state index contributed by atoms with van der Waals surface area (Å²) in [5.74, 6) is -0.935. The molecule has 1 unspecified atom stereocenters. The van der Waals surface area contributed by atoms with E-state index in [-0.39, 0.29) is 6.61 Å². The first-order chi connectivity index (χ1) is 10.6. The highest BCUT2D eigenvalue weighted by molar-refractivity contribution is 5.81. The van der Waals surface area contributed by atoms with Crippen LogP contribution in [0.3, 0.4) is 0 Å². The van der Waals surface area contributed by atoms with Crippen LogP contribution in [0.2, 0.25) is 0 Å². The number of esters is 2. The molecule has 0 aromatic heterocycles. The molecule has 0 bridgehead atoms. The van der Waals surface area contributed by atoms with Gasteiger partial charge in [0.2, 0.25) is 6.10 Å². The van der Waals surface area contributed by atoms with Crippen LogP contribution in [0.4, 0.5) is 0 Å². The minimum atomic E-state index is -1.11. The molecule has 2 aromatic carbocycles. The Bertz CT molecular complexity index is 634. The molecule has 1 N–H and O–H groups in total. The molecular weight excluding hydrogens is 284 g/mol. The molecule has 2 aromatic rings. The number of ether oxygens (including phenoxy) is 2. The van der Waals surface area contributed by atoms with Gasteiger partial charge in [-0.25, -0.2) is 4.79 Å². The average molecular weight is 300 g/mol. The highest BCUT2D eigenvalue weighted by atomic mass is 16.6. The van der Waals surface area contributed by atoms with Crippen molar-refractivity contribution in [1.29, 1.82) is 0 Å². The van der Waals surface area contributed by atoms with Gasteiger partial charge in [-0.15, -0.1) is 0 Å². The highest BCUT2D eigenvalue weighted by Crippen LogP contribution is 2.21. The molecule has 2 rings (SSSR count). The van der Waals surface area contributed by atoms with Crippen molar-refractivity contribution in [3.63, 3.8) is 0 Å². The van der Waals surface area contributed by atoms with E-state index in [1.165, 1.54) is 6.92 Å². The molecule has 0 heterocycles. The SMILES string of the molecule is CC(=O)OC(C(=O)Oc1ccc(CO)cc1)c1ccccc1. The van der Waals surface area contributed by atoms with E-state index in [1.54, 1.807) is 54.6 Å². The minimum absolute atomic E-state index is 0.0890. The summed E-state index contributed by atoms with van der Waals surface area (Å²) >= 11 is 0. The van der Waals surface area contributed by atoms with Crippen molar-refractivity contribution >= 4 is 11.9 Å². The van der Waals surface area contributed by atoms with Crippen molar-refractivity contribution in [1.82, 2.24) is 0 Å². The van der Waals surface area contributed by atoms with Crippen LogP contribution in [-0.2, 0) is 20.9 Å². The van der Waals surface area contributed by atoms with Gasteiger partial charge in [0, 0.05) is 12.5 Å². The number of rotatable bonds is 5. The van der Waals surface area contributed by atoms with E-state index >= 15 is 0 Å². The van der Waals surface area contributed by atoms with Gasteiger partial charge in [-0.1, -0.05) is 42.5 Å². The van der Waals surface area contributed by atoms with Crippen LogP contribution >= 0.6 is 0 Å². The molecule has 0 radical (unpaired) electrons. The number of aliphatic hydroxyl groups excluding tert-OH is 1. The summed E-state index contributed by atoms with van der Waals surface area (Å²) in [5.41, 5.74) is 1.24. The van der Waals surface area contributed by atoms with E-state index in [1.807, 2.05) is 0 Å². The Morgan fingerprint density at radius 3 is 2.23 bits per heavy atom. The molecule has 5 nitrogen and oxygen atoms in total. The van der Waals surface area contributed by atoms with Crippen molar-refractivity contribution in [2.45, 2.75) is 19.6 Å². The summed E-state index contributed by atoms with van der Waals surface area (Å²) in [5, 5.41) is 8.98. The Balaban J connectivity index is 2.16. The molecule has 0 saturated carbocycles. The van der Waals surface area contributed by atoms with Crippen LogP contribution in [-0.4, -0.2) is 17.0 Å². The summed E-state index contributed by atoms with van der Waals surface area (Å²) in [6.07, 6.45) is -1.11. The van der Waals surface area contributed by atoms with Gasteiger partial charge in [0.15, 0.2) is 0 Å². The predicted octanol–water partition coefficient (Wildman–Crippen LogP) is 2.39. The number of hydrogen-bond acceptors (Lipinski definition) is 5. The third kappa shape index (κ3) is 4.17. The lowest BCUT2D eigenvalue weighted by Crippen LogP contribution is -2.23. The first kappa shape index (κ1) is 15.7. The Labute approximate surface area is 128 Å². The zero-order chi connectivity index (χ0) is 15.9. The fraction of sp³-hybridized carbons (Fsp3) is 0.176. The van der Waals surface area contributed by atoms with Crippen LogP contribution in [0.5, 0.6) is 5.75 Å². The zero-order valence-electron chi connectivity index (χ0n) is 12.1. The van der Waals surface area contributed by atoms with Crippen LogP contribution in [0, 0.1) is 0 Å². The van der Waals surface area contributed by atoms with Gasteiger partial charge < -0.3 is 14.6 Å². The molecule has 0 fully saturated rings. The fourth-order valence-electron chi connectivity index (χ4n) is 1.88. The normalized spacial score (nSPS) is 11.5. The van der Waals surface area contributed by atoms with Gasteiger partial charge in [0.05, 0.1) is 6.61 Å². The zero-order valence-corrected chi connectivity index (χ0v) is 12.1. The number of hydrogen-bond donors (Lipinski definition) is 1. The number of carbonyl (C=O) groups is 2. The second-order valence-electron chi connectivity index (χ2n) is 4.62. The molecule has 1 atom stereocenters. The number of aliphatic hydroxyl groups is 1. The third-order valence-electron chi connectivity index (χ3n) is 2.92. The van der Waals surface area contributed by atoms with Gasteiger partial charge in [-0.05, 0) is 17.7 Å². The Kier molecular flexibility index (Phi) is 5.27. The van der Waals surface area contributed by atoms with Gasteiger partial charge >= 0.3 is 11.9 Å². The first-order valence-corrected chi connectivity index (χ1v) is 6.74. The molecule has 5 heteroatoms. The maximum atomic E-state index is 12.3. The van der Waals surface area contributed by atoms with Crippen LogP contribution in [0.25, 0.3) is 0 Å². The molecule has 22 heavy (non-hydrogen) atoms. The fourth-order valence-corrected chi connectivity index (χ4v) is 1.88. The van der Waals surface area contributed by atoms with E-state index < -0.39 is 18.0 Å². The van der Waals surface area contributed by atoms with Crippen LogP contribution < -0.4 is 4.74 Å². The lowest BCUT2D eigenvalue weighted by molar-refractivity contribution is -0.161. The van der Waals surface area contributed by atoms with E-state index in [2.05, 4.69) is 0 Å². The molecule has 0 aliphatic heterocycles. The molecule has 0 spiro atoms. The van der Waals surface area contributed by atoms with Gasteiger partial charge in [0.1, 0.15) is 5.75 Å². The maximum Gasteiger partial charge on any atom is 0.357 e. The lowest BCUT2D eigenvalue weighted by Gasteiger charge is -2.16. The lowest BCUT2D eigenvalue weighted by atomic mass is 10.1. The second kappa shape index (κ2) is 7.38. The quantitative estimate of drug-likeness (QED) is 0.678. The number of benzene rings is 2. The van der Waals surface area contributed by atoms with Crippen molar-refractivity contribution < 1.29 is 24.2 Å². The highest BCUT2D eigenvalue weighted by Gasteiger charge is 2.25. The van der Waals surface area contributed by atoms with Crippen LogP contribution in [0.15, 0.2) is 54.6 Å². The van der Waals surface area contributed by atoms with Crippen molar-refractivity contribution in [2.75, 3.05) is 0 Å². The Hall–Kier alpha value is -2.66. The molecule has 0 aliphatic rings. The Morgan fingerprint density at radius 2 is 1.68 bits per heavy atom. The Morgan fingerprint density at radius 1 is 1.05 bits per heavy atom. The van der Waals surface area contributed by atoms with E-state index in [9.17, 15) is 9.59 Å². The van der Waals surface area contributed by atoms with Crippen LogP contribution in [0.1, 0.15) is 24.2 Å². The third-order valence-corrected chi connectivity index (χ3v) is 2.92. The predicted molar refractivity (Wildman–Crippen MR) is 78.9 cm³/mol. The molecule has 0 aliphatic carbocycles. The van der Waals surface area contributed by atoms with Gasteiger partial charge in [0.25, 0.3) is 0 Å². The van der Waals surface area contributed by atoms with Gasteiger partial charge in [-0.2, -0.15) is 0 Å². The summed E-state index contributed by atoms with van der Waals surface area (Å²) in [6, 6.07) is 15.1. The molecule has 0 amide bonds. The van der Waals surface area contributed by atoms with E-state index in [0.29, 0.717) is 16.9 Å². The average Bonchev–Trinajstić information content (AvgIpc) is 2.54. The van der Waals surface area contributed by atoms with Crippen molar-refractivity contribution in [2.24, 2.45) is 0 Å². The van der Waals surface area contributed by atoms with E-state index in [4.69, 9.17) is 14.6 Å². The second-order valence-corrected chi connectivity index (χ2v) is 4.62. The first-order valence-electron chi connectivity index (χ1n) is 6.74. The summed E-state index contributed by atoms with van der Waals surface area (Å²) in [7, 11) is 0. The summed E-state index contributed by atoms with van der Waals surface area (Å²) in [6.45, 7) is 1.15. The van der Waals surface area contributed by atoms with Crippen molar-refractivity contribution in [3.8, 4) is 5.75 Å². The summed E-state index contributed by atoms with van der Waals surface area (Å²) < 4.78 is 10.3. The number of carbonyl (C=O) groups excluding carboxylic acids is 2. The smallest absolute Gasteiger partial charge is 0.357 e. The summed E-state index contributed by atoms with van der Waals surface area (Å²) in [4.78, 5) is 23.5. The minimum Gasteiger partial charge on any atom is -0.446 e. The standard InChI is InChI=1S/C17H16O5/c1-12(19)21-16(14-5-3-2-4-6-14)17(20)22-15-9-7-13(11-18)8-10-15/h2-10,16,18H,11H2,1H3. The van der Waals surface area contributed by atoms with Gasteiger partial charge in [-0.3, -0.25) is 4.79 Å². The molecule has 114 valence electrons. The monoisotopic (exact) mass is 300 g/mol. The largest absolute Gasteiger partial charge is 0.446 e. The molecular formula is C17H16O5.